The molecule has 0 amide bonds. The molecule has 2 saturated heterocycles. The standard InChI is InChI=1S/C28H30IN5O/c1-35-23-7-6-20-16-22(17-27(24(20)18-23)34-14-12-30-13-15-34)26-8-11-31-28(33-26)32-19-21-4-2-3-5-25(21)29-9-10-29/h2-8,11,16-18,30H,9-10,12-15,19H2,1H3,(H,31,32,33). The molecule has 3 aromatic carbocycles. The van der Waals surface area contributed by atoms with Gasteiger partial charge >= 0.3 is 178 Å². The van der Waals surface area contributed by atoms with Crippen molar-refractivity contribution in [3.05, 3.63) is 76.0 Å². The normalized spacial score (nSPS) is 16.4. The molecule has 0 aliphatic carbocycles. The van der Waals surface area contributed by atoms with Gasteiger partial charge in [0.1, 0.15) is 5.75 Å². The number of benzene rings is 3. The van der Waals surface area contributed by atoms with Gasteiger partial charge in [0.15, 0.2) is 0 Å². The number of piperazine rings is 1. The Hall–Kier alpha value is -2.91. The van der Waals surface area contributed by atoms with Gasteiger partial charge in [0.05, 0.1) is 7.11 Å². The van der Waals surface area contributed by atoms with Crippen LogP contribution < -0.4 is 20.3 Å². The van der Waals surface area contributed by atoms with Crippen LogP contribution >= 0.6 is 19.8 Å². The van der Waals surface area contributed by atoms with Crippen LogP contribution in [0.1, 0.15) is 5.56 Å². The second kappa shape index (κ2) is 9.99. The van der Waals surface area contributed by atoms with Gasteiger partial charge < -0.3 is 10.1 Å². The fraction of sp³-hybridized carbons (Fsp3) is 0.286. The first-order valence-corrected chi connectivity index (χ1v) is 16.3. The molecule has 6 nitrogen and oxygen atoms in total. The van der Waals surface area contributed by atoms with E-state index in [1.54, 1.807) is 10.7 Å². The Morgan fingerprint density at radius 3 is 2.71 bits per heavy atom. The molecule has 4 aromatic rings. The van der Waals surface area contributed by atoms with E-state index < -0.39 is 19.8 Å². The van der Waals surface area contributed by atoms with Crippen molar-refractivity contribution in [2.45, 2.75) is 6.54 Å². The molecule has 2 aliphatic rings. The van der Waals surface area contributed by atoms with E-state index >= 15 is 0 Å². The minimum absolute atomic E-state index is 0.676. The maximum absolute atomic E-state index is 5.53. The van der Waals surface area contributed by atoms with E-state index in [0.29, 0.717) is 5.95 Å². The number of halogens is 1. The van der Waals surface area contributed by atoms with Gasteiger partial charge in [0.2, 0.25) is 0 Å². The third-order valence-corrected chi connectivity index (χ3v) is 11.5. The van der Waals surface area contributed by atoms with E-state index in [1.807, 2.05) is 18.3 Å². The summed E-state index contributed by atoms with van der Waals surface area (Å²) in [6.45, 7) is 4.72. The predicted octanol–water partition coefficient (Wildman–Crippen LogP) is 5.02. The summed E-state index contributed by atoms with van der Waals surface area (Å²) in [5, 5.41) is 9.35. The quantitative estimate of drug-likeness (QED) is 0.237. The van der Waals surface area contributed by atoms with E-state index in [9.17, 15) is 0 Å². The number of rotatable bonds is 7. The average Bonchev–Trinajstić information content (AvgIpc) is 3.77. The SMILES string of the molecule is COc1ccc2cc(-c3ccnc(NCc4ccccc4I4CC4)n3)cc(N3CCNCC3)c2c1. The second-order valence-electron chi connectivity index (χ2n) is 8.86. The van der Waals surface area contributed by atoms with E-state index in [-0.39, 0.29) is 0 Å². The van der Waals surface area contributed by atoms with E-state index in [2.05, 4.69) is 69.0 Å². The summed E-state index contributed by atoms with van der Waals surface area (Å²) in [4.78, 5) is 11.9. The second-order valence-corrected chi connectivity index (χ2v) is 14.8. The number of hydrogen-bond donors (Lipinski definition) is 2. The van der Waals surface area contributed by atoms with Gasteiger partial charge in [0.25, 0.3) is 0 Å². The molecule has 0 bridgehead atoms. The molecular formula is C28H30IN5O. The molecule has 2 fully saturated rings. The van der Waals surface area contributed by atoms with Gasteiger partial charge in [-0.05, 0) is 0 Å². The molecule has 0 atom stereocenters. The van der Waals surface area contributed by atoms with Gasteiger partial charge in [0, 0.05) is 13.1 Å². The van der Waals surface area contributed by atoms with Crippen molar-refractivity contribution in [2.75, 3.05) is 52.4 Å². The third-order valence-electron chi connectivity index (χ3n) is 6.61. The third kappa shape index (κ3) is 4.92. The number of aromatic nitrogens is 2. The molecule has 0 saturated carbocycles. The summed E-state index contributed by atoms with van der Waals surface area (Å²) in [7, 11) is 1.72. The number of hydrogen-bond acceptors (Lipinski definition) is 6. The minimum atomic E-state index is -0.828. The van der Waals surface area contributed by atoms with Crippen LogP contribution in [0.25, 0.3) is 22.0 Å². The molecule has 180 valence electrons. The topological polar surface area (TPSA) is 62.3 Å². The molecule has 3 heterocycles. The molecule has 0 radical (unpaired) electrons. The van der Waals surface area contributed by atoms with Gasteiger partial charge in [-0.3, -0.25) is 0 Å². The Balaban J connectivity index is 1.32. The first-order valence-electron chi connectivity index (χ1n) is 12.1. The van der Waals surface area contributed by atoms with E-state index in [0.717, 1.165) is 49.7 Å². The molecule has 1 aromatic heterocycles. The van der Waals surface area contributed by atoms with Gasteiger partial charge in [-0.15, -0.1) is 0 Å². The zero-order valence-corrected chi connectivity index (χ0v) is 22.1. The summed E-state index contributed by atoms with van der Waals surface area (Å²) in [5.74, 6) is 1.56. The van der Waals surface area contributed by atoms with Crippen LogP contribution in [0.15, 0.2) is 66.9 Å². The zero-order chi connectivity index (χ0) is 23.6. The molecule has 0 unspecified atom stereocenters. The molecule has 0 spiro atoms. The van der Waals surface area contributed by atoms with Gasteiger partial charge in [-0.25, -0.2) is 0 Å². The number of methoxy groups -OCH3 is 1. The van der Waals surface area contributed by atoms with Crippen LogP contribution in [0.2, 0.25) is 0 Å². The van der Waals surface area contributed by atoms with Crippen molar-refractivity contribution in [1.29, 1.82) is 0 Å². The van der Waals surface area contributed by atoms with Crippen LogP contribution in [-0.4, -0.2) is 52.1 Å². The fourth-order valence-corrected chi connectivity index (χ4v) is 9.48. The van der Waals surface area contributed by atoms with Crippen molar-refractivity contribution in [3.63, 3.8) is 0 Å². The summed E-state index contributed by atoms with van der Waals surface area (Å²) in [6.07, 6.45) is 1.86. The molecule has 2 N–H and O–H groups in total. The van der Waals surface area contributed by atoms with Crippen LogP contribution in [0.4, 0.5) is 11.6 Å². The Bertz CT molecular complexity index is 1350. The first-order chi connectivity index (χ1) is 17.3. The summed E-state index contributed by atoms with van der Waals surface area (Å²) < 4.78 is 10.1. The number of fused-ring (bicyclic) bond motifs is 1. The number of nitrogens with zero attached hydrogens (tertiary/aromatic N) is 3. The number of anilines is 2. The Morgan fingerprint density at radius 1 is 1.03 bits per heavy atom. The molecule has 35 heavy (non-hydrogen) atoms. The summed E-state index contributed by atoms with van der Waals surface area (Å²) in [5.41, 5.74) is 4.68. The average molecular weight is 579 g/mol. The van der Waals surface area contributed by atoms with Crippen molar-refractivity contribution >= 4 is 42.2 Å². The van der Waals surface area contributed by atoms with Crippen LogP contribution in [0, 0.1) is 3.57 Å². The van der Waals surface area contributed by atoms with Crippen molar-refractivity contribution in [2.24, 2.45) is 0 Å². The van der Waals surface area contributed by atoms with Crippen LogP contribution in [0.5, 0.6) is 5.75 Å². The Kier molecular flexibility index (Phi) is 6.43. The van der Waals surface area contributed by atoms with Crippen molar-refractivity contribution in [3.8, 4) is 17.0 Å². The zero-order valence-electron chi connectivity index (χ0n) is 19.9. The van der Waals surface area contributed by atoms with Crippen molar-refractivity contribution in [1.82, 2.24) is 15.3 Å². The van der Waals surface area contributed by atoms with Crippen LogP contribution in [0.3, 0.4) is 0 Å². The predicted molar refractivity (Wildman–Crippen MR) is 153 cm³/mol. The number of alkyl halides is 2. The maximum atomic E-state index is 5.53. The van der Waals surface area contributed by atoms with Crippen molar-refractivity contribution < 1.29 is 4.74 Å². The fourth-order valence-electron chi connectivity index (χ4n) is 4.68. The summed E-state index contributed by atoms with van der Waals surface area (Å²) in [6, 6.07) is 21.7. The molecule has 7 heteroatoms. The van der Waals surface area contributed by atoms with Crippen LogP contribution in [-0.2, 0) is 6.54 Å². The molecule has 2 aliphatic heterocycles. The molecule has 6 rings (SSSR count). The monoisotopic (exact) mass is 579 g/mol. The first kappa shape index (κ1) is 22.5. The Labute approximate surface area is 213 Å². The Morgan fingerprint density at radius 2 is 1.89 bits per heavy atom. The molecular weight excluding hydrogens is 549 g/mol. The van der Waals surface area contributed by atoms with E-state index in [4.69, 9.17) is 9.72 Å². The summed E-state index contributed by atoms with van der Waals surface area (Å²) >= 11 is -0.828. The van der Waals surface area contributed by atoms with Gasteiger partial charge in [-0.2, -0.15) is 0 Å². The number of ether oxygens (including phenoxy) is 1. The van der Waals surface area contributed by atoms with Gasteiger partial charge in [-0.1, -0.05) is 0 Å². The van der Waals surface area contributed by atoms with E-state index in [1.165, 1.54) is 30.9 Å². The number of nitrogens with one attached hydrogen (secondary N) is 2.